The summed E-state index contributed by atoms with van der Waals surface area (Å²) in [6.45, 7) is 2.27. The van der Waals surface area contributed by atoms with E-state index in [1.54, 1.807) is 0 Å². The molecule has 0 saturated carbocycles. The van der Waals surface area contributed by atoms with Gasteiger partial charge in [0.15, 0.2) is 0 Å². The highest BCUT2D eigenvalue weighted by Gasteiger charge is 2.21. The van der Waals surface area contributed by atoms with Crippen LogP contribution in [-0.2, 0) is 16.1 Å². The molecule has 24 heavy (non-hydrogen) atoms. The first kappa shape index (κ1) is 18.7. The summed E-state index contributed by atoms with van der Waals surface area (Å²) in [4.78, 5) is 25.9. The minimum atomic E-state index is -0.0472. The molecule has 1 aromatic carbocycles. The van der Waals surface area contributed by atoms with Crippen molar-refractivity contribution in [1.82, 2.24) is 10.6 Å². The van der Waals surface area contributed by atoms with Crippen LogP contribution in [0.15, 0.2) is 24.3 Å². The normalized spacial score (nSPS) is 21.1. The van der Waals surface area contributed by atoms with Crippen molar-refractivity contribution >= 4 is 29.9 Å². The number of hydrogen-bond acceptors (Lipinski definition) is 3. The van der Waals surface area contributed by atoms with Gasteiger partial charge < -0.3 is 15.5 Å². The molecule has 1 atom stereocenters. The zero-order valence-electron chi connectivity index (χ0n) is 13.9. The second-order valence-electron chi connectivity index (χ2n) is 6.39. The quantitative estimate of drug-likeness (QED) is 0.875. The molecular weight excluding hydrogens is 326 g/mol. The minimum Gasteiger partial charge on any atom is -0.351 e. The van der Waals surface area contributed by atoms with Crippen molar-refractivity contribution in [1.29, 1.82) is 0 Å². The molecule has 3 rings (SSSR count). The van der Waals surface area contributed by atoms with Gasteiger partial charge in [0.05, 0.1) is 6.04 Å². The molecule has 1 unspecified atom stereocenters. The fourth-order valence-corrected chi connectivity index (χ4v) is 3.26. The third kappa shape index (κ3) is 4.71. The lowest BCUT2D eigenvalue weighted by Crippen LogP contribution is -2.46. The van der Waals surface area contributed by atoms with E-state index in [9.17, 15) is 9.59 Å². The van der Waals surface area contributed by atoms with E-state index in [2.05, 4.69) is 10.6 Å². The Labute approximate surface area is 149 Å². The van der Waals surface area contributed by atoms with Crippen LogP contribution in [0.3, 0.4) is 0 Å². The lowest BCUT2D eigenvalue weighted by atomic mass is 10.0. The van der Waals surface area contributed by atoms with Crippen LogP contribution < -0.4 is 15.5 Å². The van der Waals surface area contributed by atoms with E-state index in [1.165, 1.54) is 0 Å². The molecule has 2 fully saturated rings. The SMILES string of the molecule is Cl.O=C(NCc1ccc(N2CCCCC2=O)cc1)C1CCCCN1. The van der Waals surface area contributed by atoms with Crippen LogP contribution in [0.25, 0.3) is 0 Å². The van der Waals surface area contributed by atoms with Crippen LogP contribution >= 0.6 is 12.4 Å². The Hall–Kier alpha value is -1.59. The van der Waals surface area contributed by atoms with Crippen LogP contribution in [0, 0.1) is 0 Å². The van der Waals surface area contributed by atoms with Crippen LogP contribution in [0.1, 0.15) is 44.1 Å². The first-order chi connectivity index (χ1) is 11.2. The molecule has 2 saturated heterocycles. The fourth-order valence-electron chi connectivity index (χ4n) is 3.26. The summed E-state index contributed by atoms with van der Waals surface area (Å²) >= 11 is 0. The number of carbonyl (C=O) groups is 2. The number of halogens is 1. The standard InChI is InChI=1S/C18H25N3O2.ClH/c22-17-6-2-4-12-21(17)15-9-7-14(8-10-15)13-20-18(23)16-5-1-3-11-19-16;/h7-10,16,19H,1-6,11-13H2,(H,20,23);1H. The van der Waals surface area contributed by atoms with E-state index in [1.807, 2.05) is 29.2 Å². The molecule has 2 aliphatic rings. The van der Waals surface area contributed by atoms with Gasteiger partial charge in [0.1, 0.15) is 0 Å². The Morgan fingerprint density at radius 3 is 2.62 bits per heavy atom. The summed E-state index contributed by atoms with van der Waals surface area (Å²) in [5.41, 5.74) is 2.01. The Morgan fingerprint density at radius 2 is 1.96 bits per heavy atom. The van der Waals surface area contributed by atoms with Gasteiger partial charge in [-0.05, 0) is 49.9 Å². The number of nitrogens with one attached hydrogen (secondary N) is 2. The highest BCUT2D eigenvalue weighted by molar-refractivity contribution is 5.94. The molecule has 2 amide bonds. The van der Waals surface area contributed by atoms with Crippen molar-refractivity contribution in [2.45, 2.75) is 51.1 Å². The Kier molecular flexibility index (Phi) is 7.06. The lowest BCUT2D eigenvalue weighted by molar-refractivity contribution is -0.123. The number of piperidine rings is 2. The van der Waals surface area contributed by atoms with Crippen molar-refractivity contribution < 1.29 is 9.59 Å². The number of rotatable bonds is 4. The van der Waals surface area contributed by atoms with E-state index >= 15 is 0 Å². The van der Waals surface area contributed by atoms with Crippen molar-refractivity contribution in [3.63, 3.8) is 0 Å². The molecule has 0 aromatic heterocycles. The van der Waals surface area contributed by atoms with Crippen molar-refractivity contribution in [3.8, 4) is 0 Å². The number of carbonyl (C=O) groups excluding carboxylic acids is 2. The van der Waals surface area contributed by atoms with E-state index in [0.29, 0.717) is 13.0 Å². The highest BCUT2D eigenvalue weighted by Crippen LogP contribution is 2.21. The maximum absolute atomic E-state index is 12.1. The molecule has 132 valence electrons. The van der Waals surface area contributed by atoms with Gasteiger partial charge in [-0.25, -0.2) is 0 Å². The molecule has 2 N–H and O–H groups in total. The van der Waals surface area contributed by atoms with E-state index in [0.717, 1.165) is 56.4 Å². The summed E-state index contributed by atoms with van der Waals surface area (Å²) in [6.07, 6.45) is 5.89. The predicted octanol–water partition coefficient (Wildman–Crippen LogP) is 2.38. The van der Waals surface area contributed by atoms with Gasteiger partial charge in [-0.2, -0.15) is 0 Å². The molecule has 0 spiro atoms. The predicted molar refractivity (Wildman–Crippen MR) is 97.4 cm³/mol. The average molecular weight is 352 g/mol. The minimum absolute atomic E-state index is 0. The molecule has 6 heteroatoms. The summed E-state index contributed by atoms with van der Waals surface area (Å²) in [5, 5.41) is 6.25. The summed E-state index contributed by atoms with van der Waals surface area (Å²) in [7, 11) is 0. The smallest absolute Gasteiger partial charge is 0.237 e. The lowest BCUT2D eigenvalue weighted by Gasteiger charge is -2.27. The molecule has 1 aromatic rings. The van der Waals surface area contributed by atoms with Crippen molar-refractivity contribution in [2.24, 2.45) is 0 Å². The van der Waals surface area contributed by atoms with Crippen LogP contribution in [-0.4, -0.2) is 30.9 Å². The van der Waals surface area contributed by atoms with Gasteiger partial charge >= 0.3 is 0 Å². The van der Waals surface area contributed by atoms with E-state index < -0.39 is 0 Å². The number of amides is 2. The summed E-state index contributed by atoms with van der Waals surface area (Å²) in [6, 6.07) is 7.89. The van der Waals surface area contributed by atoms with Crippen molar-refractivity contribution in [2.75, 3.05) is 18.0 Å². The first-order valence-corrected chi connectivity index (χ1v) is 8.64. The Balaban J connectivity index is 0.00000208. The monoisotopic (exact) mass is 351 g/mol. The summed E-state index contributed by atoms with van der Waals surface area (Å²) < 4.78 is 0. The maximum atomic E-state index is 12.1. The van der Waals surface area contributed by atoms with Gasteiger partial charge in [0.25, 0.3) is 0 Å². The molecule has 2 heterocycles. The highest BCUT2D eigenvalue weighted by atomic mass is 35.5. The topological polar surface area (TPSA) is 61.4 Å². The Bertz CT molecular complexity index is 556. The number of anilines is 1. The van der Waals surface area contributed by atoms with E-state index in [4.69, 9.17) is 0 Å². The first-order valence-electron chi connectivity index (χ1n) is 8.64. The zero-order valence-corrected chi connectivity index (χ0v) is 14.7. The maximum Gasteiger partial charge on any atom is 0.237 e. The van der Waals surface area contributed by atoms with Gasteiger partial charge in [-0.1, -0.05) is 18.6 Å². The third-order valence-corrected chi connectivity index (χ3v) is 4.66. The number of nitrogens with zero attached hydrogens (tertiary/aromatic N) is 1. The Morgan fingerprint density at radius 1 is 1.17 bits per heavy atom. The number of benzene rings is 1. The molecular formula is C18H26ClN3O2. The van der Waals surface area contributed by atoms with Crippen LogP contribution in [0.4, 0.5) is 5.69 Å². The van der Waals surface area contributed by atoms with Crippen LogP contribution in [0.2, 0.25) is 0 Å². The van der Waals surface area contributed by atoms with Gasteiger partial charge in [0.2, 0.25) is 11.8 Å². The molecule has 0 bridgehead atoms. The largest absolute Gasteiger partial charge is 0.351 e. The second-order valence-corrected chi connectivity index (χ2v) is 6.39. The molecule has 5 nitrogen and oxygen atoms in total. The van der Waals surface area contributed by atoms with Crippen molar-refractivity contribution in [3.05, 3.63) is 29.8 Å². The molecule has 0 aliphatic carbocycles. The molecule has 2 aliphatic heterocycles. The number of hydrogen-bond donors (Lipinski definition) is 2. The van der Waals surface area contributed by atoms with Gasteiger partial charge in [0, 0.05) is 25.2 Å². The zero-order chi connectivity index (χ0) is 16.1. The van der Waals surface area contributed by atoms with Crippen LogP contribution in [0.5, 0.6) is 0 Å². The average Bonchev–Trinajstić information content (AvgIpc) is 2.61. The van der Waals surface area contributed by atoms with Gasteiger partial charge in [-0.15, -0.1) is 12.4 Å². The third-order valence-electron chi connectivity index (χ3n) is 4.66. The fraction of sp³-hybridized carbons (Fsp3) is 0.556. The molecule has 0 radical (unpaired) electrons. The van der Waals surface area contributed by atoms with Gasteiger partial charge in [-0.3, -0.25) is 9.59 Å². The van der Waals surface area contributed by atoms with E-state index in [-0.39, 0.29) is 30.3 Å². The second kappa shape index (κ2) is 9.04. The summed E-state index contributed by atoms with van der Waals surface area (Å²) in [5.74, 6) is 0.292.